The van der Waals surface area contributed by atoms with Crippen molar-refractivity contribution < 1.29 is 9.53 Å². The molecule has 0 aliphatic carbocycles. The van der Waals surface area contributed by atoms with Crippen LogP contribution >= 0.6 is 0 Å². The molecule has 0 saturated carbocycles. The molecule has 2 heterocycles. The zero-order chi connectivity index (χ0) is 16.1. The second-order valence-corrected chi connectivity index (χ2v) is 6.55. The molecule has 5 nitrogen and oxygen atoms in total. The van der Waals surface area contributed by atoms with Crippen LogP contribution in [0.15, 0.2) is 24.3 Å². The van der Waals surface area contributed by atoms with Crippen molar-refractivity contribution >= 4 is 6.03 Å². The van der Waals surface area contributed by atoms with Crippen molar-refractivity contribution in [3.05, 3.63) is 35.4 Å². The van der Waals surface area contributed by atoms with Gasteiger partial charge in [-0.1, -0.05) is 24.3 Å². The highest BCUT2D eigenvalue weighted by Crippen LogP contribution is 2.16. The Balaban J connectivity index is 1.51. The summed E-state index contributed by atoms with van der Waals surface area (Å²) in [6, 6.07) is 8.87. The standard InChI is InChI=1S/C18H27N3O2/c1-15-5-2-3-6-16(15)13-20-8-4-7-17(14-20)19-18(22)21-9-11-23-12-10-21/h2-3,5-6,17H,4,7-14H2,1H3,(H,19,22). The van der Waals surface area contributed by atoms with Crippen LogP contribution in [-0.2, 0) is 11.3 Å². The summed E-state index contributed by atoms with van der Waals surface area (Å²) in [5, 5.41) is 3.21. The predicted molar refractivity (Wildman–Crippen MR) is 90.4 cm³/mol. The molecule has 5 heteroatoms. The molecule has 3 rings (SSSR count). The molecule has 2 amide bonds. The minimum absolute atomic E-state index is 0.0658. The van der Waals surface area contributed by atoms with Crippen molar-refractivity contribution in [2.45, 2.75) is 32.4 Å². The number of morpholine rings is 1. The third kappa shape index (κ3) is 4.45. The lowest BCUT2D eigenvalue weighted by Gasteiger charge is -2.35. The topological polar surface area (TPSA) is 44.8 Å². The summed E-state index contributed by atoms with van der Waals surface area (Å²) in [5.41, 5.74) is 2.72. The fraction of sp³-hybridized carbons (Fsp3) is 0.611. The van der Waals surface area contributed by atoms with Gasteiger partial charge in [0.05, 0.1) is 13.2 Å². The minimum Gasteiger partial charge on any atom is -0.378 e. The van der Waals surface area contributed by atoms with Crippen LogP contribution in [0.5, 0.6) is 0 Å². The molecule has 0 radical (unpaired) electrons. The molecule has 0 aromatic heterocycles. The maximum Gasteiger partial charge on any atom is 0.317 e. The SMILES string of the molecule is Cc1ccccc1CN1CCCC(NC(=O)N2CCOCC2)C1. The van der Waals surface area contributed by atoms with Gasteiger partial charge in [-0.25, -0.2) is 4.79 Å². The summed E-state index contributed by atoms with van der Waals surface area (Å²) >= 11 is 0. The van der Waals surface area contributed by atoms with Crippen LogP contribution in [0.2, 0.25) is 0 Å². The van der Waals surface area contributed by atoms with Crippen LogP contribution in [0.25, 0.3) is 0 Å². The van der Waals surface area contributed by atoms with Crippen LogP contribution in [0.3, 0.4) is 0 Å². The number of urea groups is 1. The number of carbonyl (C=O) groups is 1. The summed E-state index contributed by atoms with van der Waals surface area (Å²) in [6.45, 7) is 7.88. The number of likely N-dealkylation sites (tertiary alicyclic amines) is 1. The van der Waals surface area contributed by atoms with Crippen molar-refractivity contribution in [3.63, 3.8) is 0 Å². The van der Waals surface area contributed by atoms with Crippen LogP contribution in [0.4, 0.5) is 4.79 Å². The van der Waals surface area contributed by atoms with E-state index >= 15 is 0 Å². The molecule has 2 aliphatic rings. The number of carbonyl (C=O) groups excluding carboxylic acids is 1. The van der Waals surface area contributed by atoms with Gasteiger partial charge in [-0.15, -0.1) is 0 Å². The van der Waals surface area contributed by atoms with Gasteiger partial charge in [0, 0.05) is 32.2 Å². The van der Waals surface area contributed by atoms with Crippen molar-refractivity contribution in [2.75, 3.05) is 39.4 Å². The summed E-state index contributed by atoms with van der Waals surface area (Å²) in [6.07, 6.45) is 2.21. The number of hydrogen-bond donors (Lipinski definition) is 1. The Hall–Kier alpha value is -1.59. The molecule has 1 aromatic rings. The van der Waals surface area contributed by atoms with Gasteiger partial charge in [-0.2, -0.15) is 0 Å². The molecule has 126 valence electrons. The Labute approximate surface area is 138 Å². The van der Waals surface area contributed by atoms with E-state index in [9.17, 15) is 4.79 Å². The number of rotatable bonds is 3. The molecular weight excluding hydrogens is 290 g/mol. The third-order valence-corrected chi connectivity index (χ3v) is 4.79. The number of hydrogen-bond acceptors (Lipinski definition) is 3. The predicted octanol–water partition coefficient (Wildman–Crippen LogP) is 2.00. The zero-order valence-electron chi connectivity index (χ0n) is 14.0. The fourth-order valence-electron chi connectivity index (χ4n) is 3.38. The summed E-state index contributed by atoms with van der Waals surface area (Å²) in [4.78, 5) is 16.6. The monoisotopic (exact) mass is 317 g/mol. The molecule has 2 saturated heterocycles. The Morgan fingerprint density at radius 3 is 2.83 bits per heavy atom. The van der Waals surface area contributed by atoms with Crippen molar-refractivity contribution in [1.29, 1.82) is 0 Å². The van der Waals surface area contributed by atoms with Crippen molar-refractivity contribution in [2.24, 2.45) is 0 Å². The summed E-state index contributed by atoms with van der Waals surface area (Å²) in [5.74, 6) is 0. The number of aryl methyl sites for hydroxylation is 1. The van der Waals surface area contributed by atoms with Crippen LogP contribution in [0.1, 0.15) is 24.0 Å². The summed E-state index contributed by atoms with van der Waals surface area (Å²) < 4.78 is 5.30. The van der Waals surface area contributed by atoms with Gasteiger partial charge in [-0.3, -0.25) is 4.90 Å². The first kappa shape index (κ1) is 16.3. The van der Waals surface area contributed by atoms with E-state index in [1.807, 2.05) is 4.90 Å². The Kier molecular flexibility index (Phi) is 5.51. The number of nitrogens with one attached hydrogen (secondary N) is 1. The molecular formula is C18H27N3O2. The quantitative estimate of drug-likeness (QED) is 0.927. The number of benzene rings is 1. The third-order valence-electron chi connectivity index (χ3n) is 4.79. The van der Waals surface area contributed by atoms with Crippen molar-refractivity contribution in [1.82, 2.24) is 15.1 Å². The van der Waals surface area contributed by atoms with E-state index in [0.29, 0.717) is 26.3 Å². The van der Waals surface area contributed by atoms with E-state index in [-0.39, 0.29) is 12.1 Å². The number of ether oxygens (including phenoxy) is 1. The van der Waals surface area contributed by atoms with Crippen molar-refractivity contribution in [3.8, 4) is 0 Å². The zero-order valence-corrected chi connectivity index (χ0v) is 14.0. The van der Waals surface area contributed by atoms with Gasteiger partial charge in [-0.05, 0) is 37.4 Å². The van der Waals surface area contributed by atoms with Gasteiger partial charge in [0.1, 0.15) is 0 Å². The number of amides is 2. The first-order valence-corrected chi connectivity index (χ1v) is 8.62. The van der Waals surface area contributed by atoms with Gasteiger partial charge in [0.2, 0.25) is 0 Å². The van der Waals surface area contributed by atoms with Crippen LogP contribution in [0, 0.1) is 6.92 Å². The normalized spacial score (nSPS) is 22.8. The summed E-state index contributed by atoms with van der Waals surface area (Å²) in [7, 11) is 0. The molecule has 1 atom stereocenters. The Morgan fingerprint density at radius 2 is 2.04 bits per heavy atom. The van der Waals surface area contributed by atoms with E-state index in [4.69, 9.17) is 4.74 Å². The van der Waals surface area contributed by atoms with E-state index < -0.39 is 0 Å². The maximum atomic E-state index is 12.3. The minimum atomic E-state index is 0.0658. The highest BCUT2D eigenvalue weighted by atomic mass is 16.5. The maximum absolute atomic E-state index is 12.3. The average Bonchev–Trinajstić information content (AvgIpc) is 2.58. The lowest BCUT2D eigenvalue weighted by Crippen LogP contribution is -2.53. The molecule has 2 aliphatic heterocycles. The Morgan fingerprint density at radius 1 is 1.26 bits per heavy atom. The molecule has 0 spiro atoms. The molecule has 23 heavy (non-hydrogen) atoms. The highest BCUT2D eigenvalue weighted by Gasteiger charge is 2.24. The van der Waals surface area contributed by atoms with E-state index in [1.54, 1.807) is 0 Å². The molecule has 1 aromatic carbocycles. The number of nitrogens with zero attached hydrogens (tertiary/aromatic N) is 2. The molecule has 1 unspecified atom stereocenters. The first-order chi connectivity index (χ1) is 11.2. The molecule has 2 fully saturated rings. The lowest BCUT2D eigenvalue weighted by molar-refractivity contribution is 0.0513. The van der Waals surface area contributed by atoms with Gasteiger partial charge in [0.15, 0.2) is 0 Å². The second kappa shape index (κ2) is 7.79. The number of piperidine rings is 1. The highest BCUT2D eigenvalue weighted by molar-refractivity contribution is 5.74. The fourth-order valence-corrected chi connectivity index (χ4v) is 3.38. The Bertz CT molecular complexity index is 529. The van der Waals surface area contributed by atoms with Gasteiger partial charge < -0.3 is 15.0 Å². The second-order valence-electron chi connectivity index (χ2n) is 6.55. The molecule has 1 N–H and O–H groups in total. The van der Waals surface area contributed by atoms with E-state index in [0.717, 1.165) is 32.5 Å². The average molecular weight is 317 g/mol. The largest absolute Gasteiger partial charge is 0.378 e. The smallest absolute Gasteiger partial charge is 0.317 e. The van der Waals surface area contributed by atoms with Gasteiger partial charge >= 0.3 is 6.03 Å². The first-order valence-electron chi connectivity index (χ1n) is 8.62. The lowest BCUT2D eigenvalue weighted by atomic mass is 10.0. The van der Waals surface area contributed by atoms with E-state index in [1.165, 1.54) is 11.1 Å². The molecule has 0 bridgehead atoms. The van der Waals surface area contributed by atoms with E-state index in [2.05, 4.69) is 41.4 Å². The van der Waals surface area contributed by atoms with Crippen LogP contribution in [-0.4, -0.2) is 61.3 Å². The van der Waals surface area contributed by atoms with Crippen LogP contribution < -0.4 is 5.32 Å². The van der Waals surface area contributed by atoms with Gasteiger partial charge in [0.25, 0.3) is 0 Å².